The molecule has 0 aromatic carbocycles. The standard InChI is InChI=1S/C24H40ClNO5/c1-5-6-7-8-10-13-22(30-3)14-11-9-12-15-23(28)26(2)19-20(18-25)16-21(27)17-24(29)31-4/h9,11,18,22H,5-8,10,12-17,19H2,1-4H3/b11-9+,20-18-/t22-/m1/s1. The van der Waals surface area contributed by atoms with E-state index in [-0.39, 0.29) is 37.2 Å². The number of hydrogen-bond acceptors (Lipinski definition) is 5. The average molecular weight is 458 g/mol. The Labute approximate surface area is 193 Å². The van der Waals surface area contributed by atoms with Gasteiger partial charge >= 0.3 is 5.97 Å². The highest BCUT2D eigenvalue weighted by Crippen LogP contribution is 2.13. The van der Waals surface area contributed by atoms with Crippen molar-refractivity contribution in [2.24, 2.45) is 0 Å². The van der Waals surface area contributed by atoms with E-state index in [1.807, 2.05) is 6.08 Å². The minimum Gasteiger partial charge on any atom is -0.469 e. The van der Waals surface area contributed by atoms with Crippen LogP contribution in [-0.4, -0.2) is 56.5 Å². The molecule has 1 amide bonds. The highest BCUT2D eigenvalue weighted by atomic mass is 35.5. The maximum Gasteiger partial charge on any atom is 0.313 e. The SMILES string of the molecule is CCCCCCC[C@H](C/C=C/CCC(=O)N(C)C/C(=C\Cl)CC(=O)CC(=O)OC)OC. The molecular weight excluding hydrogens is 418 g/mol. The van der Waals surface area contributed by atoms with Crippen LogP contribution in [0.3, 0.4) is 0 Å². The number of Topliss-reactive ketones (excluding diaryl/α,β-unsaturated/α-hetero) is 1. The molecule has 0 heterocycles. The highest BCUT2D eigenvalue weighted by Gasteiger charge is 2.15. The van der Waals surface area contributed by atoms with Crippen molar-refractivity contribution in [2.75, 3.05) is 27.8 Å². The number of allylic oxidation sites excluding steroid dienone is 1. The molecule has 31 heavy (non-hydrogen) atoms. The highest BCUT2D eigenvalue weighted by molar-refractivity contribution is 6.26. The molecule has 0 spiro atoms. The number of likely N-dealkylation sites (N-methyl/N-ethyl adjacent to an activating group) is 1. The third kappa shape index (κ3) is 15.7. The van der Waals surface area contributed by atoms with Crippen LogP contribution in [0.2, 0.25) is 0 Å². The van der Waals surface area contributed by atoms with E-state index in [9.17, 15) is 14.4 Å². The van der Waals surface area contributed by atoms with Gasteiger partial charge in [-0.15, -0.1) is 0 Å². The fraction of sp³-hybridized carbons (Fsp3) is 0.708. The van der Waals surface area contributed by atoms with Crippen molar-refractivity contribution in [3.63, 3.8) is 0 Å². The van der Waals surface area contributed by atoms with Crippen molar-refractivity contribution < 1.29 is 23.9 Å². The summed E-state index contributed by atoms with van der Waals surface area (Å²) in [7, 11) is 4.66. The number of methoxy groups -OCH3 is 2. The summed E-state index contributed by atoms with van der Waals surface area (Å²) in [5.74, 6) is -0.900. The van der Waals surface area contributed by atoms with Gasteiger partial charge in [0.25, 0.3) is 0 Å². The molecule has 0 saturated carbocycles. The van der Waals surface area contributed by atoms with Crippen molar-refractivity contribution in [3.8, 4) is 0 Å². The van der Waals surface area contributed by atoms with E-state index in [2.05, 4.69) is 17.7 Å². The lowest BCUT2D eigenvalue weighted by molar-refractivity contribution is -0.143. The van der Waals surface area contributed by atoms with Gasteiger partial charge in [0.15, 0.2) is 0 Å². The maximum atomic E-state index is 12.3. The van der Waals surface area contributed by atoms with Gasteiger partial charge in [0, 0.05) is 39.1 Å². The van der Waals surface area contributed by atoms with Crippen molar-refractivity contribution in [1.82, 2.24) is 4.90 Å². The van der Waals surface area contributed by atoms with Gasteiger partial charge in [-0.1, -0.05) is 62.8 Å². The van der Waals surface area contributed by atoms with E-state index in [1.54, 1.807) is 19.1 Å². The number of esters is 1. The number of carbonyl (C=O) groups is 3. The molecule has 0 aliphatic carbocycles. The quantitative estimate of drug-likeness (QED) is 0.122. The predicted molar refractivity (Wildman–Crippen MR) is 125 cm³/mol. The molecule has 0 aromatic rings. The van der Waals surface area contributed by atoms with Crippen LogP contribution >= 0.6 is 11.6 Å². The molecule has 0 fully saturated rings. The molecular formula is C24H40ClNO5. The Morgan fingerprint density at radius 3 is 2.35 bits per heavy atom. The van der Waals surface area contributed by atoms with E-state index in [0.29, 0.717) is 18.4 Å². The topological polar surface area (TPSA) is 72.9 Å². The lowest BCUT2D eigenvalue weighted by Gasteiger charge is -2.18. The van der Waals surface area contributed by atoms with Gasteiger partial charge in [0.1, 0.15) is 12.2 Å². The summed E-state index contributed by atoms with van der Waals surface area (Å²) in [6.45, 7) is 2.47. The molecule has 0 bridgehead atoms. The van der Waals surface area contributed by atoms with Gasteiger partial charge in [-0.3, -0.25) is 14.4 Å². The molecule has 178 valence electrons. The lowest BCUT2D eigenvalue weighted by atomic mass is 10.1. The number of ether oxygens (including phenoxy) is 2. The fourth-order valence-electron chi connectivity index (χ4n) is 3.14. The van der Waals surface area contributed by atoms with Gasteiger partial charge < -0.3 is 14.4 Å². The molecule has 1 atom stereocenters. The van der Waals surface area contributed by atoms with Crippen LogP contribution in [0, 0.1) is 0 Å². The molecule has 6 nitrogen and oxygen atoms in total. The lowest BCUT2D eigenvalue weighted by Crippen LogP contribution is -2.29. The molecule has 0 rings (SSSR count). The molecule has 0 N–H and O–H groups in total. The Kier molecular flexibility index (Phi) is 18.0. The second kappa shape index (κ2) is 19.1. The Balaban J connectivity index is 4.20. The van der Waals surface area contributed by atoms with Crippen molar-refractivity contribution in [2.45, 2.75) is 83.7 Å². The van der Waals surface area contributed by atoms with Crippen molar-refractivity contribution in [3.05, 3.63) is 23.3 Å². The third-order valence-corrected chi connectivity index (χ3v) is 5.38. The number of unbranched alkanes of at least 4 members (excludes halogenated alkanes) is 4. The molecule has 7 heteroatoms. The van der Waals surface area contributed by atoms with Gasteiger partial charge in [0.05, 0.1) is 13.2 Å². The molecule has 0 unspecified atom stereocenters. The van der Waals surface area contributed by atoms with E-state index < -0.39 is 5.97 Å². The number of halogens is 1. The van der Waals surface area contributed by atoms with Crippen LogP contribution in [-0.2, 0) is 23.9 Å². The molecule has 0 aliphatic heterocycles. The van der Waals surface area contributed by atoms with Crippen LogP contribution in [0.15, 0.2) is 23.3 Å². The van der Waals surface area contributed by atoms with Gasteiger partial charge in [-0.05, 0) is 24.8 Å². The first-order valence-electron chi connectivity index (χ1n) is 11.2. The van der Waals surface area contributed by atoms with Crippen molar-refractivity contribution >= 4 is 29.3 Å². The zero-order chi connectivity index (χ0) is 23.5. The van der Waals surface area contributed by atoms with Crippen LogP contribution in [0.1, 0.15) is 77.6 Å². The van der Waals surface area contributed by atoms with Gasteiger partial charge in [-0.2, -0.15) is 0 Å². The summed E-state index contributed by atoms with van der Waals surface area (Å²) in [6.07, 6.45) is 13.3. The van der Waals surface area contributed by atoms with E-state index in [0.717, 1.165) is 12.8 Å². The number of hydrogen-bond donors (Lipinski definition) is 0. The predicted octanol–water partition coefficient (Wildman–Crippen LogP) is 5.19. The Hall–Kier alpha value is -1.66. The largest absolute Gasteiger partial charge is 0.469 e. The number of rotatable bonds is 18. The van der Waals surface area contributed by atoms with Crippen LogP contribution in [0.5, 0.6) is 0 Å². The Morgan fingerprint density at radius 2 is 1.74 bits per heavy atom. The van der Waals surface area contributed by atoms with E-state index in [1.165, 1.54) is 44.7 Å². The summed E-state index contributed by atoms with van der Waals surface area (Å²) in [6, 6.07) is 0. The fourth-order valence-corrected chi connectivity index (χ4v) is 3.29. The first kappa shape index (κ1) is 29.3. The van der Waals surface area contributed by atoms with Crippen LogP contribution < -0.4 is 0 Å². The van der Waals surface area contributed by atoms with Gasteiger partial charge in [-0.25, -0.2) is 0 Å². The summed E-state index contributed by atoms with van der Waals surface area (Å²) >= 11 is 5.79. The normalized spacial score (nSPS) is 12.7. The first-order valence-corrected chi connectivity index (χ1v) is 11.6. The van der Waals surface area contributed by atoms with E-state index in [4.69, 9.17) is 16.3 Å². The van der Waals surface area contributed by atoms with Crippen molar-refractivity contribution in [1.29, 1.82) is 0 Å². The molecule has 0 aromatic heterocycles. The maximum absolute atomic E-state index is 12.3. The first-order chi connectivity index (χ1) is 14.9. The minimum atomic E-state index is -0.581. The summed E-state index contributed by atoms with van der Waals surface area (Å²) < 4.78 is 10.0. The minimum absolute atomic E-state index is 0.0208. The van der Waals surface area contributed by atoms with E-state index >= 15 is 0 Å². The molecule has 0 saturated heterocycles. The average Bonchev–Trinajstić information content (AvgIpc) is 2.76. The number of ketones is 1. The Bertz CT molecular complexity index is 589. The summed E-state index contributed by atoms with van der Waals surface area (Å²) in [5.41, 5.74) is 1.88. The second-order valence-electron chi connectivity index (χ2n) is 7.79. The number of nitrogens with zero attached hydrogens (tertiary/aromatic N) is 1. The second-order valence-corrected chi connectivity index (χ2v) is 8.01. The number of carbonyl (C=O) groups excluding carboxylic acids is 3. The monoisotopic (exact) mass is 457 g/mol. The van der Waals surface area contributed by atoms with Crippen LogP contribution in [0.4, 0.5) is 0 Å². The number of amides is 1. The summed E-state index contributed by atoms with van der Waals surface area (Å²) in [4.78, 5) is 36.9. The molecule has 0 radical (unpaired) electrons. The van der Waals surface area contributed by atoms with Gasteiger partial charge in [0.2, 0.25) is 5.91 Å². The smallest absolute Gasteiger partial charge is 0.313 e. The van der Waals surface area contributed by atoms with Crippen LogP contribution in [0.25, 0.3) is 0 Å². The zero-order valence-corrected chi connectivity index (χ0v) is 20.4. The third-order valence-electron chi connectivity index (χ3n) is 5.07. The zero-order valence-electron chi connectivity index (χ0n) is 19.7. The Morgan fingerprint density at radius 1 is 1.03 bits per heavy atom. The molecule has 0 aliphatic rings. The summed E-state index contributed by atoms with van der Waals surface area (Å²) in [5, 5.41) is 0.